The minimum atomic E-state index is -1.10. The third-order valence-electron chi connectivity index (χ3n) is 2.02. The molecule has 96 valence electrons. The molecule has 0 spiro atoms. The minimum absolute atomic E-state index is 0.422. The van der Waals surface area contributed by atoms with Crippen molar-refractivity contribution in [1.82, 2.24) is 10.6 Å². The molecule has 2 amide bonds. The summed E-state index contributed by atoms with van der Waals surface area (Å²) in [6.45, 7) is -0.422. The SMILES string of the molecule is COc1ccccc1/C=C/NC(=O)NCC(=O)O. The van der Waals surface area contributed by atoms with Crippen LogP contribution >= 0.6 is 0 Å². The highest BCUT2D eigenvalue weighted by Crippen LogP contribution is 2.17. The lowest BCUT2D eigenvalue weighted by Gasteiger charge is -2.04. The van der Waals surface area contributed by atoms with E-state index >= 15 is 0 Å². The Morgan fingerprint density at radius 3 is 2.78 bits per heavy atom. The van der Waals surface area contributed by atoms with Gasteiger partial charge in [0.1, 0.15) is 12.3 Å². The van der Waals surface area contributed by atoms with Crippen LogP contribution in [0.5, 0.6) is 5.75 Å². The number of carbonyl (C=O) groups is 2. The molecule has 0 aromatic heterocycles. The molecule has 3 N–H and O–H groups in total. The number of ether oxygens (including phenoxy) is 1. The second kappa shape index (κ2) is 6.95. The number of nitrogens with one attached hydrogen (secondary N) is 2. The van der Waals surface area contributed by atoms with Crippen molar-refractivity contribution in [3.63, 3.8) is 0 Å². The zero-order chi connectivity index (χ0) is 13.4. The summed E-state index contributed by atoms with van der Waals surface area (Å²) < 4.78 is 5.12. The molecular formula is C12H14N2O4. The van der Waals surface area contributed by atoms with Crippen LogP contribution in [0.15, 0.2) is 30.5 Å². The van der Waals surface area contributed by atoms with Crippen LogP contribution in [0.2, 0.25) is 0 Å². The molecule has 0 heterocycles. The van der Waals surface area contributed by atoms with Gasteiger partial charge < -0.3 is 20.5 Å². The smallest absolute Gasteiger partial charge is 0.323 e. The number of amides is 2. The van der Waals surface area contributed by atoms with Crippen LogP contribution in [0.3, 0.4) is 0 Å². The summed E-state index contributed by atoms with van der Waals surface area (Å²) in [4.78, 5) is 21.3. The monoisotopic (exact) mass is 250 g/mol. The number of urea groups is 1. The van der Waals surface area contributed by atoms with E-state index in [-0.39, 0.29) is 0 Å². The van der Waals surface area contributed by atoms with Crippen molar-refractivity contribution in [2.24, 2.45) is 0 Å². The van der Waals surface area contributed by atoms with E-state index in [9.17, 15) is 9.59 Å². The van der Waals surface area contributed by atoms with Crippen molar-refractivity contribution in [3.8, 4) is 5.75 Å². The first-order valence-electron chi connectivity index (χ1n) is 5.19. The first-order chi connectivity index (χ1) is 8.63. The van der Waals surface area contributed by atoms with E-state index < -0.39 is 18.5 Å². The van der Waals surface area contributed by atoms with Crippen LogP contribution in [-0.2, 0) is 4.79 Å². The number of carboxylic acid groups (broad SMARTS) is 1. The predicted molar refractivity (Wildman–Crippen MR) is 66.2 cm³/mol. The third kappa shape index (κ3) is 4.56. The third-order valence-corrected chi connectivity index (χ3v) is 2.02. The molecule has 1 aromatic rings. The summed E-state index contributed by atoms with van der Waals surface area (Å²) in [6.07, 6.45) is 3.06. The van der Waals surface area contributed by atoms with E-state index in [1.54, 1.807) is 19.3 Å². The lowest BCUT2D eigenvalue weighted by atomic mass is 10.2. The van der Waals surface area contributed by atoms with Gasteiger partial charge in [0.2, 0.25) is 0 Å². The fourth-order valence-corrected chi connectivity index (χ4v) is 1.22. The van der Waals surface area contributed by atoms with E-state index in [2.05, 4.69) is 10.6 Å². The summed E-state index contributed by atoms with van der Waals surface area (Å²) in [5, 5.41) is 12.9. The van der Waals surface area contributed by atoms with Gasteiger partial charge in [-0.1, -0.05) is 18.2 Å². The van der Waals surface area contributed by atoms with E-state index in [0.29, 0.717) is 5.75 Å². The Kier molecular flexibility index (Phi) is 5.24. The van der Waals surface area contributed by atoms with Crippen LogP contribution in [0, 0.1) is 0 Å². The summed E-state index contributed by atoms with van der Waals surface area (Å²) in [7, 11) is 1.56. The van der Waals surface area contributed by atoms with Gasteiger partial charge in [0.25, 0.3) is 0 Å². The van der Waals surface area contributed by atoms with E-state index in [1.807, 2.05) is 18.2 Å². The summed E-state index contributed by atoms with van der Waals surface area (Å²) in [5.74, 6) is -0.416. The zero-order valence-corrected chi connectivity index (χ0v) is 9.84. The fraction of sp³-hybridized carbons (Fsp3) is 0.167. The number of methoxy groups -OCH3 is 1. The molecule has 18 heavy (non-hydrogen) atoms. The van der Waals surface area contributed by atoms with E-state index in [1.165, 1.54) is 6.20 Å². The molecule has 0 atom stereocenters. The van der Waals surface area contributed by atoms with Gasteiger partial charge in [-0.3, -0.25) is 4.79 Å². The number of benzene rings is 1. The number of carboxylic acids is 1. The first kappa shape index (κ1) is 13.6. The van der Waals surface area contributed by atoms with Crippen LogP contribution in [0.1, 0.15) is 5.56 Å². The predicted octanol–water partition coefficient (Wildman–Crippen LogP) is 1.05. The molecule has 0 unspecified atom stereocenters. The van der Waals surface area contributed by atoms with Gasteiger partial charge >= 0.3 is 12.0 Å². The molecule has 0 aliphatic heterocycles. The highest BCUT2D eigenvalue weighted by Gasteiger charge is 2.00. The lowest BCUT2D eigenvalue weighted by Crippen LogP contribution is -2.35. The van der Waals surface area contributed by atoms with Crippen LogP contribution < -0.4 is 15.4 Å². The van der Waals surface area contributed by atoms with Gasteiger partial charge in [-0.05, 0) is 12.1 Å². The molecular weight excluding hydrogens is 236 g/mol. The van der Waals surface area contributed by atoms with Gasteiger partial charge in [0, 0.05) is 11.8 Å². The Labute approximate surface area is 104 Å². The molecule has 0 bridgehead atoms. The minimum Gasteiger partial charge on any atom is -0.496 e. The van der Waals surface area contributed by atoms with Crippen LogP contribution in [0.25, 0.3) is 6.08 Å². The first-order valence-corrected chi connectivity index (χ1v) is 5.19. The van der Waals surface area contributed by atoms with Crippen LogP contribution in [-0.4, -0.2) is 30.8 Å². The number of hydrogen-bond donors (Lipinski definition) is 3. The molecule has 0 aliphatic carbocycles. The van der Waals surface area contributed by atoms with Crippen molar-refractivity contribution in [3.05, 3.63) is 36.0 Å². The van der Waals surface area contributed by atoms with Gasteiger partial charge in [-0.25, -0.2) is 4.79 Å². The highest BCUT2D eigenvalue weighted by molar-refractivity contribution is 5.81. The average molecular weight is 250 g/mol. The molecule has 0 fully saturated rings. The van der Waals surface area contributed by atoms with Crippen molar-refractivity contribution < 1.29 is 19.4 Å². The van der Waals surface area contributed by atoms with Crippen molar-refractivity contribution in [2.75, 3.05) is 13.7 Å². The average Bonchev–Trinajstić information content (AvgIpc) is 2.37. The van der Waals surface area contributed by atoms with Crippen molar-refractivity contribution >= 4 is 18.1 Å². The Balaban J connectivity index is 2.49. The molecule has 0 radical (unpaired) electrons. The number of aliphatic carboxylic acids is 1. The molecule has 0 aliphatic rings. The number of para-hydroxylation sites is 1. The second-order valence-corrected chi connectivity index (χ2v) is 3.30. The molecule has 1 rings (SSSR count). The summed E-state index contributed by atoms with van der Waals surface area (Å²) >= 11 is 0. The van der Waals surface area contributed by atoms with Gasteiger partial charge in [-0.15, -0.1) is 0 Å². The zero-order valence-electron chi connectivity index (χ0n) is 9.84. The van der Waals surface area contributed by atoms with Gasteiger partial charge in [-0.2, -0.15) is 0 Å². The Morgan fingerprint density at radius 1 is 1.39 bits per heavy atom. The van der Waals surface area contributed by atoms with Crippen molar-refractivity contribution in [1.29, 1.82) is 0 Å². The quantitative estimate of drug-likeness (QED) is 0.728. The topological polar surface area (TPSA) is 87.7 Å². The number of hydrogen-bond acceptors (Lipinski definition) is 3. The largest absolute Gasteiger partial charge is 0.496 e. The maximum atomic E-state index is 11.1. The Morgan fingerprint density at radius 2 is 2.11 bits per heavy atom. The fourth-order valence-electron chi connectivity index (χ4n) is 1.22. The lowest BCUT2D eigenvalue weighted by molar-refractivity contribution is -0.135. The molecule has 0 saturated heterocycles. The molecule has 6 heteroatoms. The van der Waals surface area contributed by atoms with E-state index in [0.717, 1.165) is 5.56 Å². The Hall–Kier alpha value is -2.50. The van der Waals surface area contributed by atoms with Crippen molar-refractivity contribution in [2.45, 2.75) is 0 Å². The van der Waals surface area contributed by atoms with E-state index in [4.69, 9.17) is 9.84 Å². The Bertz CT molecular complexity index is 457. The van der Waals surface area contributed by atoms with Gasteiger partial charge in [0.05, 0.1) is 7.11 Å². The number of carbonyl (C=O) groups excluding carboxylic acids is 1. The summed E-state index contributed by atoms with van der Waals surface area (Å²) in [5.41, 5.74) is 0.804. The standard InChI is InChI=1S/C12H14N2O4/c1-18-10-5-3-2-4-9(10)6-7-13-12(17)14-8-11(15)16/h2-7H,8H2,1H3,(H,15,16)(H2,13,14,17)/b7-6+. The maximum Gasteiger partial charge on any atom is 0.323 e. The molecule has 1 aromatic carbocycles. The van der Waals surface area contributed by atoms with Crippen LogP contribution in [0.4, 0.5) is 4.79 Å². The molecule has 0 saturated carbocycles. The van der Waals surface area contributed by atoms with Gasteiger partial charge in [0.15, 0.2) is 0 Å². The second-order valence-electron chi connectivity index (χ2n) is 3.30. The molecule has 6 nitrogen and oxygen atoms in total. The normalized spacial score (nSPS) is 10.1. The highest BCUT2D eigenvalue weighted by atomic mass is 16.5. The maximum absolute atomic E-state index is 11.1. The summed E-state index contributed by atoms with van der Waals surface area (Å²) in [6, 6.07) is 6.72. The number of rotatable bonds is 5.